The van der Waals surface area contributed by atoms with E-state index in [0.717, 1.165) is 5.56 Å². The minimum absolute atomic E-state index is 0.0424. The van der Waals surface area contributed by atoms with Crippen molar-refractivity contribution < 1.29 is 14.5 Å². The van der Waals surface area contributed by atoms with Gasteiger partial charge in [-0.2, -0.15) is 0 Å². The Morgan fingerprint density at radius 1 is 1.24 bits per heavy atom. The molecule has 1 saturated heterocycles. The Labute approximate surface area is 144 Å². The topological polar surface area (TPSA) is 106 Å². The Morgan fingerprint density at radius 2 is 2.04 bits per heavy atom. The third-order valence-corrected chi connectivity index (χ3v) is 4.04. The van der Waals surface area contributed by atoms with Crippen LogP contribution in [0, 0.1) is 10.1 Å². The number of ether oxygens (including phenoxy) is 1. The minimum atomic E-state index is -0.424. The lowest BCUT2D eigenvalue weighted by molar-refractivity contribution is -0.384. The molecule has 8 heteroatoms. The fourth-order valence-corrected chi connectivity index (χ4v) is 2.79. The molecule has 2 unspecified atom stereocenters. The van der Waals surface area contributed by atoms with E-state index in [1.165, 1.54) is 19.2 Å². The molecule has 8 nitrogen and oxygen atoms in total. The number of carbonyl (C=O) groups excluding carboxylic acids is 1. The van der Waals surface area contributed by atoms with Crippen molar-refractivity contribution in [3.63, 3.8) is 0 Å². The molecule has 1 aliphatic heterocycles. The zero-order valence-electron chi connectivity index (χ0n) is 13.6. The van der Waals surface area contributed by atoms with E-state index < -0.39 is 4.92 Å². The fourth-order valence-electron chi connectivity index (χ4n) is 2.79. The van der Waals surface area contributed by atoms with Gasteiger partial charge in [0.1, 0.15) is 5.75 Å². The Bertz CT molecular complexity index is 796. The maximum absolute atomic E-state index is 12.4. The first-order valence-corrected chi connectivity index (χ1v) is 7.78. The van der Waals surface area contributed by atoms with Crippen molar-refractivity contribution in [1.29, 1.82) is 0 Å². The molecule has 0 aliphatic carbocycles. The van der Waals surface area contributed by atoms with Gasteiger partial charge in [0, 0.05) is 24.6 Å². The summed E-state index contributed by atoms with van der Waals surface area (Å²) in [5, 5.41) is 13.8. The van der Waals surface area contributed by atoms with Crippen molar-refractivity contribution in [1.82, 2.24) is 16.2 Å². The smallest absolute Gasteiger partial charge is 0.269 e. The van der Waals surface area contributed by atoms with Gasteiger partial charge in [0.15, 0.2) is 0 Å². The maximum Gasteiger partial charge on any atom is 0.269 e. The standard InChI is InChI=1S/C17H18N4O4/c1-25-15-8-3-2-7-13(15)17(22)18-16-10-14(19-20-16)11-5-4-6-12(9-11)21(23)24/h2-9,14,16,19-20H,10H2,1H3,(H,18,22). The average Bonchev–Trinajstić information content (AvgIpc) is 3.10. The number of nitro benzene ring substituents is 1. The predicted octanol–water partition coefficient (Wildman–Crippen LogP) is 1.90. The van der Waals surface area contributed by atoms with E-state index in [9.17, 15) is 14.9 Å². The van der Waals surface area contributed by atoms with Crippen LogP contribution in [0.3, 0.4) is 0 Å². The summed E-state index contributed by atoms with van der Waals surface area (Å²) in [5.74, 6) is 0.248. The molecule has 1 aliphatic rings. The van der Waals surface area contributed by atoms with Crippen LogP contribution in [-0.4, -0.2) is 24.1 Å². The molecule has 0 saturated carbocycles. The Morgan fingerprint density at radius 3 is 2.80 bits per heavy atom. The van der Waals surface area contributed by atoms with Gasteiger partial charge in [0.05, 0.1) is 23.8 Å². The molecule has 2 atom stereocenters. The van der Waals surface area contributed by atoms with E-state index >= 15 is 0 Å². The van der Waals surface area contributed by atoms with Gasteiger partial charge in [-0.15, -0.1) is 0 Å². The molecule has 0 spiro atoms. The molecule has 1 amide bonds. The highest BCUT2D eigenvalue weighted by atomic mass is 16.6. The van der Waals surface area contributed by atoms with E-state index in [1.807, 2.05) is 6.07 Å². The lowest BCUT2D eigenvalue weighted by Gasteiger charge is -2.14. The number of hydrogen-bond acceptors (Lipinski definition) is 6. The number of carbonyl (C=O) groups is 1. The molecule has 0 bridgehead atoms. The molecule has 1 fully saturated rings. The zero-order valence-corrected chi connectivity index (χ0v) is 13.6. The monoisotopic (exact) mass is 342 g/mol. The quantitative estimate of drug-likeness (QED) is 0.566. The van der Waals surface area contributed by atoms with Gasteiger partial charge in [-0.3, -0.25) is 14.9 Å². The van der Waals surface area contributed by atoms with Gasteiger partial charge in [-0.25, -0.2) is 10.9 Å². The van der Waals surface area contributed by atoms with Crippen LogP contribution in [0.4, 0.5) is 5.69 Å². The van der Waals surface area contributed by atoms with Crippen molar-refractivity contribution in [2.75, 3.05) is 7.11 Å². The molecule has 3 N–H and O–H groups in total. The van der Waals surface area contributed by atoms with E-state index in [0.29, 0.717) is 17.7 Å². The second-order valence-electron chi connectivity index (χ2n) is 5.66. The highest BCUT2D eigenvalue weighted by Crippen LogP contribution is 2.25. The van der Waals surface area contributed by atoms with E-state index in [2.05, 4.69) is 16.2 Å². The summed E-state index contributed by atoms with van der Waals surface area (Å²) in [5.41, 5.74) is 7.34. The van der Waals surface area contributed by atoms with Crippen LogP contribution in [0.25, 0.3) is 0 Å². The molecular weight excluding hydrogens is 324 g/mol. The van der Waals surface area contributed by atoms with Crippen LogP contribution in [-0.2, 0) is 0 Å². The predicted molar refractivity (Wildman–Crippen MR) is 91.0 cm³/mol. The molecule has 0 radical (unpaired) electrons. The number of methoxy groups -OCH3 is 1. The summed E-state index contributed by atoms with van der Waals surface area (Å²) in [6.07, 6.45) is 0.254. The highest BCUT2D eigenvalue weighted by molar-refractivity contribution is 5.97. The fraction of sp³-hybridized carbons (Fsp3) is 0.235. The first-order chi connectivity index (χ1) is 12.1. The van der Waals surface area contributed by atoms with Crippen LogP contribution in [0.1, 0.15) is 28.4 Å². The summed E-state index contributed by atoms with van der Waals surface area (Å²) in [6, 6.07) is 13.3. The van der Waals surface area contributed by atoms with Gasteiger partial charge in [-0.05, 0) is 17.7 Å². The van der Waals surface area contributed by atoms with Crippen molar-refractivity contribution in [3.8, 4) is 5.75 Å². The summed E-state index contributed by atoms with van der Waals surface area (Å²) in [6.45, 7) is 0. The average molecular weight is 342 g/mol. The third kappa shape index (κ3) is 3.76. The van der Waals surface area contributed by atoms with Crippen LogP contribution >= 0.6 is 0 Å². The van der Waals surface area contributed by atoms with Crippen LogP contribution in [0.5, 0.6) is 5.75 Å². The number of nitrogens with zero attached hydrogens (tertiary/aromatic N) is 1. The van der Waals surface area contributed by atoms with Crippen molar-refractivity contribution in [2.24, 2.45) is 0 Å². The molecule has 3 rings (SSSR count). The summed E-state index contributed by atoms with van der Waals surface area (Å²) in [4.78, 5) is 22.9. The minimum Gasteiger partial charge on any atom is -0.496 e. The number of nitrogens with one attached hydrogen (secondary N) is 3. The molecule has 2 aromatic rings. The highest BCUT2D eigenvalue weighted by Gasteiger charge is 2.27. The summed E-state index contributed by atoms with van der Waals surface area (Å²) in [7, 11) is 1.51. The van der Waals surface area contributed by atoms with Crippen LogP contribution < -0.4 is 20.9 Å². The number of amides is 1. The van der Waals surface area contributed by atoms with Gasteiger partial charge < -0.3 is 10.1 Å². The SMILES string of the molecule is COc1ccccc1C(=O)NC1CC(c2cccc([N+](=O)[O-])c2)NN1. The molecule has 0 aromatic heterocycles. The Balaban J connectivity index is 1.66. The lowest BCUT2D eigenvalue weighted by Crippen LogP contribution is -2.44. The molecule has 25 heavy (non-hydrogen) atoms. The third-order valence-electron chi connectivity index (χ3n) is 4.04. The number of non-ortho nitro benzene ring substituents is 1. The molecule has 1 heterocycles. The zero-order chi connectivity index (χ0) is 17.8. The first-order valence-electron chi connectivity index (χ1n) is 7.78. The number of para-hydroxylation sites is 1. The number of hydrogen-bond donors (Lipinski definition) is 3. The van der Waals surface area contributed by atoms with Crippen molar-refractivity contribution >= 4 is 11.6 Å². The van der Waals surface area contributed by atoms with E-state index in [1.54, 1.807) is 30.3 Å². The van der Waals surface area contributed by atoms with Gasteiger partial charge in [0.25, 0.3) is 11.6 Å². The van der Waals surface area contributed by atoms with Gasteiger partial charge in [-0.1, -0.05) is 24.3 Å². The Hall–Kier alpha value is -2.97. The number of benzene rings is 2. The van der Waals surface area contributed by atoms with Gasteiger partial charge in [0.2, 0.25) is 0 Å². The van der Waals surface area contributed by atoms with Crippen LogP contribution in [0.15, 0.2) is 48.5 Å². The van der Waals surface area contributed by atoms with E-state index in [4.69, 9.17) is 4.74 Å². The lowest BCUT2D eigenvalue weighted by atomic mass is 10.0. The first kappa shape index (κ1) is 16.9. The number of hydrazine groups is 1. The normalized spacial score (nSPS) is 19.4. The molecular formula is C17H18N4O4. The Kier molecular flexibility index (Phi) is 4.92. The largest absolute Gasteiger partial charge is 0.496 e. The summed E-state index contributed by atoms with van der Waals surface area (Å²) >= 11 is 0. The number of rotatable bonds is 5. The second-order valence-corrected chi connectivity index (χ2v) is 5.66. The molecule has 2 aromatic carbocycles. The van der Waals surface area contributed by atoms with Gasteiger partial charge >= 0.3 is 0 Å². The van der Waals surface area contributed by atoms with Crippen molar-refractivity contribution in [3.05, 3.63) is 69.8 Å². The second kappa shape index (κ2) is 7.29. The van der Waals surface area contributed by atoms with E-state index in [-0.39, 0.29) is 23.8 Å². The maximum atomic E-state index is 12.4. The molecule has 130 valence electrons. The number of nitro groups is 1. The van der Waals surface area contributed by atoms with Crippen molar-refractivity contribution in [2.45, 2.75) is 18.6 Å². The summed E-state index contributed by atoms with van der Waals surface area (Å²) < 4.78 is 5.20. The van der Waals surface area contributed by atoms with Crippen LogP contribution in [0.2, 0.25) is 0 Å².